The fraction of sp³-hybridized carbons (Fsp3) is 0.529. The molecule has 4 heteroatoms. The van der Waals surface area contributed by atoms with Crippen molar-refractivity contribution in [3.05, 3.63) is 24.3 Å². The van der Waals surface area contributed by atoms with Crippen molar-refractivity contribution in [2.75, 3.05) is 12.4 Å². The third-order valence-electron chi connectivity index (χ3n) is 5.34. The second-order valence-corrected chi connectivity index (χ2v) is 6.76. The molecule has 4 nitrogen and oxygen atoms in total. The van der Waals surface area contributed by atoms with Gasteiger partial charge in [0.05, 0.1) is 7.11 Å². The van der Waals surface area contributed by atoms with E-state index < -0.39 is 5.41 Å². The average molecular weight is 287 g/mol. The second kappa shape index (κ2) is 4.58. The molecule has 2 aliphatic rings. The van der Waals surface area contributed by atoms with E-state index in [4.69, 9.17) is 4.74 Å². The molecule has 2 aliphatic carbocycles. The lowest BCUT2D eigenvalue weighted by atomic mass is 9.70. The number of ketones is 1. The number of nitrogens with one attached hydrogen (secondary N) is 1. The van der Waals surface area contributed by atoms with Gasteiger partial charge in [0.2, 0.25) is 5.91 Å². The number of hydrogen-bond donors (Lipinski definition) is 1. The molecular formula is C17H21NO3. The summed E-state index contributed by atoms with van der Waals surface area (Å²) in [5, 5.41) is 2.91. The van der Waals surface area contributed by atoms with Gasteiger partial charge < -0.3 is 10.1 Å². The first kappa shape index (κ1) is 14.1. The van der Waals surface area contributed by atoms with E-state index in [1.54, 1.807) is 31.4 Å². The number of carbonyl (C=O) groups excluding carboxylic acids is 2. The number of methoxy groups -OCH3 is 1. The van der Waals surface area contributed by atoms with Crippen LogP contribution in [-0.2, 0) is 9.59 Å². The smallest absolute Gasteiger partial charge is 0.238 e. The lowest BCUT2D eigenvalue weighted by Gasteiger charge is -2.32. The average Bonchev–Trinajstić information content (AvgIpc) is 3.00. The van der Waals surface area contributed by atoms with Gasteiger partial charge in [-0.15, -0.1) is 0 Å². The monoisotopic (exact) mass is 287 g/mol. The Morgan fingerprint density at radius 3 is 2.48 bits per heavy atom. The van der Waals surface area contributed by atoms with Crippen molar-refractivity contribution in [1.29, 1.82) is 0 Å². The number of fused-ring (bicyclic) bond motifs is 2. The summed E-state index contributed by atoms with van der Waals surface area (Å²) in [5.41, 5.74) is -0.472. The molecule has 0 aliphatic heterocycles. The van der Waals surface area contributed by atoms with Crippen LogP contribution in [0.3, 0.4) is 0 Å². The molecule has 0 radical (unpaired) electrons. The Balaban J connectivity index is 1.81. The largest absolute Gasteiger partial charge is 0.497 e. The van der Waals surface area contributed by atoms with Crippen molar-refractivity contribution in [3.8, 4) is 5.75 Å². The van der Waals surface area contributed by atoms with Gasteiger partial charge in [0.1, 0.15) is 11.2 Å². The molecule has 1 N–H and O–H groups in total. The standard InChI is InChI=1S/C17H21NO3/c1-16(2)11-8-9-17(10-11,14(16)19)15(20)18-12-4-6-13(21-3)7-5-12/h4-7,11H,8-10H2,1-3H3,(H,18,20)/t11-,17+/m1/s1. The molecule has 21 heavy (non-hydrogen) atoms. The van der Waals surface area contributed by atoms with E-state index >= 15 is 0 Å². The van der Waals surface area contributed by atoms with Crippen molar-refractivity contribution < 1.29 is 14.3 Å². The number of Topliss-reactive ketones (excluding diaryl/α,β-unsaturated/α-hetero) is 1. The fourth-order valence-electron chi connectivity index (χ4n) is 3.90. The van der Waals surface area contributed by atoms with E-state index in [1.807, 2.05) is 13.8 Å². The maximum absolute atomic E-state index is 12.7. The second-order valence-electron chi connectivity index (χ2n) is 6.76. The molecule has 2 atom stereocenters. The summed E-state index contributed by atoms with van der Waals surface area (Å²) in [6.45, 7) is 3.95. The van der Waals surface area contributed by atoms with Gasteiger partial charge in [-0.2, -0.15) is 0 Å². The van der Waals surface area contributed by atoms with Crippen molar-refractivity contribution in [3.63, 3.8) is 0 Å². The Kier molecular flexibility index (Phi) is 3.08. The molecule has 2 fully saturated rings. The molecule has 1 aromatic rings. The first-order valence-corrected chi connectivity index (χ1v) is 7.40. The van der Waals surface area contributed by atoms with Crippen molar-refractivity contribution in [1.82, 2.24) is 0 Å². The predicted molar refractivity (Wildman–Crippen MR) is 80.2 cm³/mol. The lowest BCUT2D eigenvalue weighted by Crippen LogP contribution is -2.44. The highest BCUT2D eigenvalue weighted by Gasteiger charge is 2.64. The van der Waals surface area contributed by atoms with Crippen LogP contribution in [0.4, 0.5) is 5.69 Å². The molecule has 2 saturated carbocycles. The molecule has 2 bridgehead atoms. The molecule has 0 saturated heterocycles. The third-order valence-corrected chi connectivity index (χ3v) is 5.34. The summed E-state index contributed by atoms with van der Waals surface area (Å²) in [4.78, 5) is 25.3. The van der Waals surface area contributed by atoms with Gasteiger partial charge in [-0.3, -0.25) is 9.59 Å². The highest BCUT2D eigenvalue weighted by molar-refractivity contribution is 6.15. The third kappa shape index (κ3) is 1.96. The first-order valence-electron chi connectivity index (χ1n) is 7.40. The molecule has 3 rings (SSSR count). The maximum Gasteiger partial charge on any atom is 0.238 e. The zero-order valence-corrected chi connectivity index (χ0v) is 12.7. The minimum Gasteiger partial charge on any atom is -0.497 e. The molecule has 112 valence electrons. The van der Waals surface area contributed by atoms with Crippen molar-refractivity contribution in [2.24, 2.45) is 16.7 Å². The Morgan fingerprint density at radius 1 is 1.29 bits per heavy atom. The van der Waals surface area contributed by atoms with E-state index in [9.17, 15) is 9.59 Å². The van der Waals surface area contributed by atoms with E-state index in [0.717, 1.165) is 12.2 Å². The van der Waals surface area contributed by atoms with Gasteiger partial charge in [-0.1, -0.05) is 13.8 Å². The van der Waals surface area contributed by atoms with E-state index in [1.165, 1.54) is 0 Å². The van der Waals surface area contributed by atoms with E-state index in [2.05, 4.69) is 5.32 Å². The van der Waals surface area contributed by atoms with Gasteiger partial charge in [-0.25, -0.2) is 0 Å². The number of hydrogen-bond acceptors (Lipinski definition) is 3. The van der Waals surface area contributed by atoms with E-state index in [-0.39, 0.29) is 17.1 Å². The highest BCUT2D eigenvalue weighted by Crippen LogP contribution is 2.60. The summed E-state index contributed by atoms with van der Waals surface area (Å²) in [6, 6.07) is 7.19. The van der Waals surface area contributed by atoms with Gasteiger partial charge >= 0.3 is 0 Å². The van der Waals surface area contributed by atoms with Crippen molar-refractivity contribution in [2.45, 2.75) is 33.1 Å². The zero-order valence-electron chi connectivity index (χ0n) is 12.7. The van der Waals surface area contributed by atoms with Crippen LogP contribution < -0.4 is 10.1 Å². The highest BCUT2D eigenvalue weighted by atomic mass is 16.5. The molecule has 0 spiro atoms. The SMILES string of the molecule is COc1ccc(NC(=O)[C@@]23CC[C@H](C2)C(C)(C)C3=O)cc1. The van der Waals surface area contributed by atoms with Crippen LogP contribution in [0.15, 0.2) is 24.3 Å². The summed E-state index contributed by atoms with van der Waals surface area (Å²) in [7, 11) is 1.60. The Hall–Kier alpha value is -1.84. The van der Waals surface area contributed by atoms with Crippen LogP contribution in [-0.4, -0.2) is 18.8 Å². The first-order chi connectivity index (χ1) is 9.90. The van der Waals surface area contributed by atoms with Gasteiger partial charge in [0.25, 0.3) is 0 Å². The van der Waals surface area contributed by atoms with Crippen LogP contribution >= 0.6 is 0 Å². The van der Waals surface area contributed by atoms with Gasteiger partial charge in [0, 0.05) is 11.1 Å². The molecule has 0 heterocycles. The number of benzene rings is 1. The van der Waals surface area contributed by atoms with E-state index in [0.29, 0.717) is 24.4 Å². The lowest BCUT2D eigenvalue weighted by molar-refractivity contribution is -0.142. The number of ether oxygens (including phenoxy) is 1. The number of carbonyl (C=O) groups is 2. The predicted octanol–water partition coefficient (Wildman–Crippen LogP) is 3.03. The Bertz CT molecular complexity index is 591. The number of amides is 1. The maximum atomic E-state index is 12.7. The van der Waals surface area contributed by atoms with Crippen LogP contribution in [0, 0.1) is 16.7 Å². The number of anilines is 1. The van der Waals surface area contributed by atoms with Crippen LogP contribution in [0.1, 0.15) is 33.1 Å². The van der Waals surface area contributed by atoms with Gasteiger partial charge in [0.15, 0.2) is 5.78 Å². The molecule has 1 amide bonds. The summed E-state index contributed by atoms with van der Waals surface area (Å²) >= 11 is 0. The zero-order chi connectivity index (χ0) is 15.3. The Morgan fingerprint density at radius 2 is 1.95 bits per heavy atom. The Labute approximate surface area is 124 Å². The van der Waals surface area contributed by atoms with Crippen LogP contribution in [0.25, 0.3) is 0 Å². The summed E-state index contributed by atoms with van der Waals surface area (Å²) < 4.78 is 5.10. The van der Waals surface area contributed by atoms with Gasteiger partial charge in [-0.05, 0) is 49.4 Å². The molecule has 1 aromatic carbocycles. The van der Waals surface area contributed by atoms with Crippen molar-refractivity contribution >= 4 is 17.4 Å². The summed E-state index contributed by atoms with van der Waals surface area (Å²) in [6.07, 6.45) is 2.34. The quantitative estimate of drug-likeness (QED) is 0.869. The number of rotatable bonds is 3. The minimum atomic E-state index is -0.811. The minimum absolute atomic E-state index is 0.109. The van der Waals surface area contributed by atoms with Crippen LogP contribution in [0.2, 0.25) is 0 Å². The molecule has 0 aromatic heterocycles. The normalized spacial score (nSPS) is 29.5. The fourth-order valence-corrected chi connectivity index (χ4v) is 3.90. The summed E-state index contributed by atoms with van der Waals surface area (Å²) in [5.74, 6) is 1.04. The van der Waals surface area contributed by atoms with Crippen LogP contribution in [0.5, 0.6) is 5.75 Å². The topological polar surface area (TPSA) is 55.4 Å². The molecule has 0 unspecified atom stereocenters. The molecular weight excluding hydrogens is 266 g/mol.